The van der Waals surface area contributed by atoms with Gasteiger partial charge >= 0.3 is 0 Å². The van der Waals surface area contributed by atoms with Crippen molar-refractivity contribution in [2.24, 2.45) is 0 Å². The van der Waals surface area contributed by atoms with Crippen LogP contribution in [0.5, 0.6) is 5.75 Å². The maximum Gasteiger partial charge on any atom is 0.195 e. The van der Waals surface area contributed by atoms with Crippen molar-refractivity contribution in [1.29, 1.82) is 0 Å². The van der Waals surface area contributed by atoms with Gasteiger partial charge in [-0.05, 0) is 48.9 Å². The van der Waals surface area contributed by atoms with E-state index in [0.29, 0.717) is 18.7 Å². The number of ether oxygens (including phenoxy) is 1. The van der Waals surface area contributed by atoms with Crippen molar-refractivity contribution in [2.45, 2.75) is 39.0 Å². The van der Waals surface area contributed by atoms with Crippen LogP contribution in [0, 0.1) is 11.8 Å². The number of hydrogen-bond acceptors (Lipinski definition) is 8. The van der Waals surface area contributed by atoms with E-state index >= 15 is 0 Å². The van der Waals surface area contributed by atoms with E-state index in [4.69, 9.17) is 14.2 Å². The molecule has 1 saturated heterocycles. The molecule has 1 aliphatic rings. The maximum absolute atomic E-state index is 12.6. The van der Waals surface area contributed by atoms with Gasteiger partial charge in [0, 0.05) is 62.4 Å². The first-order valence-corrected chi connectivity index (χ1v) is 15.6. The van der Waals surface area contributed by atoms with E-state index in [1.54, 1.807) is 11.3 Å². The number of nitrogens with zero attached hydrogens (tertiary/aromatic N) is 5. The molecule has 0 spiro atoms. The van der Waals surface area contributed by atoms with Crippen LogP contribution >= 0.6 is 11.3 Å². The van der Waals surface area contributed by atoms with E-state index in [2.05, 4.69) is 71.1 Å². The summed E-state index contributed by atoms with van der Waals surface area (Å²) in [6, 6.07) is 15.9. The average Bonchev–Trinajstić information content (AvgIpc) is 3.68. The zero-order valence-electron chi connectivity index (χ0n) is 25.2. The van der Waals surface area contributed by atoms with Crippen LogP contribution in [0.2, 0.25) is 0 Å². The van der Waals surface area contributed by atoms with Gasteiger partial charge in [-0.1, -0.05) is 55.3 Å². The van der Waals surface area contributed by atoms with Crippen LogP contribution < -0.4 is 4.74 Å². The third-order valence-electron chi connectivity index (χ3n) is 7.70. The summed E-state index contributed by atoms with van der Waals surface area (Å²) in [5.41, 5.74) is 4.20. The number of carbonyl (C=O) groups excluding carboxylic acids is 1. The fourth-order valence-electron chi connectivity index (χ4n) is 5.08. The van der Waals surface area contributed by atoms with Gasteiger partial charge in [-0.3, -0.25) is 14.1 Å². The Bertz CT molecular complexity index is 1790. The minimum atomic E-state index is -0.130. The molecule has 1 aliphatic heterocycles. The average molecular weight is 596 g/mol. The number of ketones is 1. The molecule has 0 saturated carbocycles. The molecule has 6 rings (SSSR count). The number of likely N-dealkylation sites (N-methyl/N-ethyl adjacent to an activating group) is 1. The molecule has 4 heterocycles. The molecule has 2 aromatic carbocycles. The lowest BCUT2D eigenvalue weighted by Crippen LogP contribution is -2.45. The Hall–Kier alpha value is -3.97. The fourth-order valence-corrected chi connectivity index (χ4v) is 6.11. The standard InChI is InChI=1S/C34H37N5O3S/c1-34(2,3)32-21-27(36-42-32)20-28(40)19-25-7-5-24(6-8-25)9-10-26-23-39-30-12-11-29(22-31(30)43-33(39)35-26)41-18-17-38-15-13-37(4)14-16-38/h5-8,11-12,21-23H,13-20H2,1-4H3. The topological polar surface area (TPSA) is 76.1 Å². The molecule has 0 amide bonds. The Kier molecular flexibility index (Phi) is 8.35. The Morgan fingerprint density at radius 1 is 1.02 bits per heavy atom. The van der Waals surface area contributed by atoms with Crippen molar-refractivity contribution in [3.8, 4) is 17.6 Å². The highest BCUT2D eigenvalue weighted by Gasteiger charge is 2.20. The number of benzene rings is 2. The molecule has 0 unspecified atom stereocenters. The number of piperazine rings is 1. The number of aromatic nitrogens is 3. The Morgan fingerprint density at radius 3 is 2.56 bits per heavy atom. The van der Waals surface area contributed by atoms with Crippen molar-refractivity contribution < 1.29 is 14.1 Å². The van der Waals surface area contributed by atoms with Gasteiger partial charge < -0.3 is 14.2 Å². The van der Waals surface area contributed by atoms with Crippen LogP contribution in [0.3, 0.4) is 0 Å². The minimum Gasteiger partial charge on any atom is -0.492 e. The summed E-state index contributed by atoms with van der Waals surface area (Å²) in [6.07, 6.45) is 2.59. The smallest absolute Gasteiger partial charge is 0.195 e. The molecule has 3 aromatic heterocycles. The van der Waals surface area contributed by atoms with Gasteiger partial charge in [-0.15, -0.1) is 0 Å². The van der Waals surface area contributed by atoms with Crippen LogP contribution in [-0.2, 0) is 23.1 Å². The normalized spacial score (nSPS) is 14.7. The second-order valence-electron chi connectivity index (χ2n) is 12.3. The predicted octanol–water partition coefficient (Wildman–Crippen LogP) is 5.21. The molecule has 43 heavy (non-hydrogen) atoms. The van der Waals surface area contributed by atoms with E-state index in [1.165, 1.54) is 0 Å². The third-order valence-corrected chi connectivity index (χ3v) is 8.72. The van der Waals surface area contributed by atoms with Crippen molar-refractivity contribution >= 4 is 32.3 Å². The summed E-state index contributed by atoms with van der Waals surface area (Å²) in [4.78, 5) is 23.1. The van der Waals surface area contributed by atoms with Crippen molar-refractivity contribution in [2.75, 3.05) is 46.4 Å². The molecular formula is C34H37N5O3S. The first-order chi connectivity index (χ1) is 20.7. The van der Waals surface area contributed by atoms with Crippen molar-refractivity contribution in [1.82, 2.24) is 24.3 Å². The summed E-state index contributed by atoms with van der Waals surface area (Å²) >= 11 is 1.64. The first kappa shape index (κ1) is 29.1. The highest BCUT2D eigenvalue weighted by atomic mass is 32.1. The second kappa shape index (κ2) is 12.3. The molecule has 5 aromatic rings. The highest BCUT2D eigenvalue weighted by Crippen LogP contribution is 2.30. The first-order valence-electron chi connectivity index (χ1n) is 14.7. The van der Waals surface area contributed by atoms with Crippen LogP contribution in [0.25, 0.3) is 15.2 Å². The summed E-state index contributed by atoms with van der Waals surface area (Å²) in [7, 11) is 2.17. The van der Waals surface area contributed by atoms with Gasteiger partial charge in [0.15, 0.2) is 4.96 Å². The Morgan fingerprint density at radius 2 is 1.81 bits per heavy atom. The number of fused-ring (bicyclic) bond motifs is 3. The zero-order chi connectivity index (χ0) is 30.0. The van der Waals surface area contributed by atoms with Crippen molar-refractivity contribution in [3.05, 3.63) is 83.0 Å². The minimum absolute atomic E-state index is 0.0993. The van der Waals surface area contributed by atoms with Crippen LogP contribution in [0.15, 0.2) is 59.3 Å². The lowest BCUT2D eigenvalue weighted by Gasteiger charge is -2.32. The van der Waals surface area contributed by atoms with E-state index < -0.39 is 0 Å². The Balaban J connectivity index is 1.04. The summed E-state index contributed by atoms with van der Waals surface area (Å²) < 4.78 is 14.7. The van der Waals surface area contributed by atoms with Crippen LogP contribution in [0.4, 0.5) is 0 Å². The number of Topliss-reactive ketones (excluding diaryl/α,β-unsaturated/α-hetero) is 1. The number of imidazole rings is 1. The Labute approximate surface area is 256 Å². The van der Waals surface area contributed by atoms with E-state index in [9.17, 15) is 4.79 Å². The van der Waals surface area contributed by atoms with Gasteiger partial charge in [-0.25, -0.2) is 4.98 Å². The molecule has 222 valence electrons. The van der Waals surface area contributed by atoms with Gasteiger partial charge in [0.25, 0.3) is 0 Å². The summed E-state index contributed by atoms with van der Waals surface area (Å²) in [5, 5.41) is 4.06. The summed E-state index contributed by atoms with van der Waals surface area (Å²) in [5.74, 6) is 8.17. The van der Waals surface area contributed by atoms with Gasteiger partial charge in [-0.2, -0.15) is 0 Å². The zero-order valence-corrected chi connectivity index (χ0v) is 26.0. The van der Waals surface area contributed by atoms with E-state index in [0.717, 1.165) is 76.2 Å². The number of carbonyl (C=O) groups is 1. The number of thiazole rings is 1. The van der Waals surface area contributed by atoms with Gasteiger partial charge in [0.05, 0.1) is 22.3 Å². The van der Waals surface area contributed by atoms with Crippen LogP contribution in [0.1, 0.15) is 49.0 Å². The SMILES string of the molecule is CN1CCN(CCOc2ccc3c(c2)sc2nc(C#Cc4ccc(CC(=O)Cc5cc(C(C)(C)C)on5)cc4)cn23)CC1. The molecule has 0 atom stereocenters. The molecule has 0 aliphatic carbocycles. The molecule has 0 N–H and O–H groups in total. The second-order valence-corrected chi connectivity index (χ2v) is 13.3. The quantitative estimate of drug-likeness (QED) is 0.228. The lowest BCUT2D eigenvalue weighted by atomic mass is 9.93. The van der Waals surface area contributed by atoms with E-state index in [-0.39, 0.29) is 17.6 Å². The monoisotopic (exact) mass is 595 g/mol. The molecule has 0 radical (unpaired) electrons. The van der Waals surface area contributed by atoms with Gasteiger partial charge in [0.2, 0.25) is 0 Å². The summed E-state index contributed by atoms with van der Waals surface area (Å²) in [6.45, 7) is 12.3. The number of rotatable bonds is 8. The predicted molar refractivity (Wildman–Crippen MR) is 170 cm³/mol. The van der Waals surface area contributed by atoms with Gasteiger partial charge in [0.1, 0.15) is 29.6 Å². The third kappa shape index (κ3) is 7.16. The number of hydrogen-bond donors (Lipinski definition) is 0. The molecule has 0 bridgehead atoms. The maximum atomic E-state index is 12.6. The van der Waals surface area contributed by atoms with E-state index in [1.807, 2.05) is 42.6 Å². The molecule has 1 fully saturated rings. The van der Waals surface area contributed by atoms with Crippen LogP contribution in [-0.4, -0.2) is 76.5 Å². The molecular weight excluding hydrogens is 558 g/mol. The highest BCUT2D eigenvalue weighted by molar-refractivity contribution is 7.23. The fraction of sp³-hybridized carbons (Fsp3) is 0.382. The lowest BCUT2D eigenvalue weighted by molar-refractivity contribution is -0.117. The largest absolute Gasteiger partial charge is 0.492 e. The molecule has 8 nitrogen and oxygen atoms in total. The molecule has 9 heteroatoms. The van der Waals surface area contributed by atoms with Crippen molar-refractivity contribution in [3.63, 3.8) is 0 Å².